The van der Waals surface area contributed by atoms with Gasteiger partial charge in [0.25, 0.3) is 0 Å². The second-order valence-corrected chi connectivity index (χ2v) is 4.59. The number of carboxylic acid groups (broad SMARTS) is 1. The van der Waals surface area contributed by atoms with Crippen LogP contribution >= 0.6 is 0 Å². The first-order chi connectivity index (χ1) is 10.6. The Labute approximate surface area is 127 Å². The first-order valence-corrected chi connectivity index (χ1v) is 6.78. The average molecular weight is 300 g/mol. The van der Waals surface area contributed by atoms with Gasteiger partial charge in [0.1, 0.15) is 12.4 Å². The van der Waals surface area contributed by atoms with Crippen LogP contribution in [-0.2, 0) is 22.6 Å². The van der Waals surface area contributed by atoms with Gasteiger partial charge in [0.05, 0.1) is 0 Å². The van der Waals surface area contributed by atoms with E-state index in [1.54, 1.807) is 12.1 Å². The van der Waals surface area contributed by atoms with Crippen molar-refractivity contribution in [2.75, 3.05) is 5.32 Å². The topological polar surface area (TPSA) is 88.5 Å². The maximum Gasteiger partial charge on any atom is 0.413 e. The highest BCUT2D eigenvalue weighted by Crippen LogP contribution is 2.14. The lowest BCUT2D eigenvalue weighted by Gasteiger charge is -2.09. The van der Waals surface area contributed by atoms with Crippen LogP contribution in [0.25, 0.3) is 0 Å². The molecular formula is C16H16N2O4. The van der Waals surface area contributed by atoms with Gasteiger partial charge < -0.3 is 9.84 Å². The van der Waals surface area contributed by atoms with Crippen LogP contribution in [0.15, 0.2) is 48.7 Å². The molecule has 114 valence electrons. The molecule has 22 heavy (non-hydrogen) atoms. The third-order valence-corrected chi connectivity index (χ3v) is 2.93. The molecule has 0 saturated heterocycles. The largest absolute Gasteiger partial charge is 0.481 e. The lowest BCUT2D eigenvalue weighted by Crippen LogP contribution is -2.16. The Hall–Kier alpha value is -2.89. The standard InChI is InChI=1S/C16H16N2O4/c19-14(20)9-8-13-7-4-10-17-15(13)18-16(21)22-11-12-5-2-1-3-6-12/h1-7,10H,8-9,11H2,(H,19,20)(H,17,18,21). The molecule has 0 bridgehead atoms. The molecule has 1 aromatic heterocycles. The smallest absolute Gasteiger partial charge is 0.413 e. The zero-order valence-electron chi connectivity index (χ0n) is 11.9. The van der Waals surface area contributed by atoms with Crippen LogP contribution in [0.5, 0.6) is 0 Å². The highest BCUT2D eigenvalue weighted by molar-refractivity contribution is 5.84. The Bertz CT molecular complexity index is 644. The molecule has 6 heteroatoms. The molecule has 0 atom stereocenters. The van der Waals surface area contributed by atoms with Gasteiger partial charge >= 0.3 is 12.1 Å². The monoisotopic (exact) mass is 300 g/mol. The van der Waals surface area contributed by atoms with Gasteiger partial charge in [0, 0.05) is 12.6 Å². The second kappa shape index (κ2) is 7.78. The first kappa shape index (κ1) is 15.5. The number of amides is 1. The highest BCUT2D eigenvalue weighted by atomic mass is 16.5. The van der Waals surface area contributed by atoms with Gasteiger partial charge in [0.15, 0.2) is 0 Å². The van der Waals surface area contributed by atoms with E-state index in [0.29, 0.717) is 11.4 Å². The Morgan fingerprint density at radius 2 is 1.91 bits per heavy atom. The van der Waals surface area contributed by atoms with Crippen molar-refractivity contribution < 1.29 is 19.4 Å². The predicted molar refractivity (Wildman–Crippen MR) is 80.4 cm³/mol. The van der Waals surface area contributed by atoms with Gasteiger partial charge in [0.2, 0.25) is 0 Å². The molecule has 6 nitrogen and oxygen atoms in total. The number of nitrogens with one attached hydrogen (secondary N) is 1. The normalized spacial score (nSPS) is 10.0. The van der Waals surface area contributed by atoms with Crippen LogP contribution in [0.4, 0.5) is 10.6 Å². The molecule has 2 N–H and O–H groups in total. The van der Waals surface area contributed by atoms with E-state index in [0.717, 1.165) is 5.56 Å². The predicted octanol–water partition coefficient (Wildman–Crippen LogP) is 2.85. The minimum atomic E-state index is -0.901. The van der Waals surface area contributed by atoms with Crippen molar-refractivity contribution in [2.24, 2.45) is 0 Å². The van der Waals surface area contributed by atoms with E-state index in [9.17, 15) is 9.59 Å². The first-order valence-electron chi connectivity index (χ1n) is 6.78. The van der Waals surface area contributed by atoms with E-state index < -0.39 is 12.1 Å². The Morgan fingerprint density at radius 3 is 2.64 bits per heavy atom. The quantitative estimate of drug-likeness (QED) is 0.856. The number of hydrogen-bond acceptors (Lipinski definition) is 4. The summed E-state index contributed by atoms with van der Waals surface area (Å²) in [6.07, 6.45) is 1.16. The maximum absolute atomic E-state index is 11.8. The summed E-state index contributed by atoms with van der Waals surface area (Å²) in [5.41, 5.74) is 1.53. The SMILES string of the molecule is O=C(O)CCc1cccnc1NC(=O)OCc1ccccc1. The number of aromatic nitrogens is 1. The van der Waals surface area contributed by atoms with E-state index in [-0.39, 0.29) is 19.4 Å². The number of benzene rings is 1. The molecular weight excluding hydrogens is 284 g/mol. The molecule has 0 aliphatic rings. The Balaban J connectivity index is 1.92. The fraction of sp³-hybridized carbons (Fsp3) is 0.188. The Morgan fingerprint density at radius 1 is 1.14 bits per heavy atom. The molecule has 0 saturated carbocycles. The summed E-state index contributed by atoms with van der Waals surface area (Å²) >= 11 is 0. The van der Waals surface area contributed by atoms with Crippen molar-refractivity contribution >= 4 is 17.9 Å². The van der Waals surface area contributed by atoms with Crippen molar-refractivity contribution in [1.82, 2.24) is 4.98 Å². The summed E-state index contributed by atoms with van der Waals surface area (Å²) < 4.78 is 5.11. The number of ether oxygens (including phenoxy) is 1. The minimum absolute atomic E-state index is 0.0283. The molecule has 0 spiro atoms. The molecule has 1 aromatic carbocycles. The molecule has 0 aliphatic heterocycles. The summed E-state index contributed by atoms with van der Waals surface area (Å²) in [5, 5.41) is 11.3. The molecule has 1 amide bonds. The Kier molecular flexibility index (Phi) is 5.48. The molecule has 2 aromatic rings. The number of pyridine rings is 1. The van der Waals surface area contributed by atoms with Crippen molar-refractivity contribution in [3.63, 3.8) is 0 Å². The lowest BCUT2D eigenvalue weighted by atomic mass is 10.1. The minimum Gasteiger partial charge on any atom is -0.481 e. The molecule has 0 radical (unpaired) electrons. The summed E-state index contributed by atoms with van der Waals surface area (Å²) in [7, 11) is 0. The van der Waals surface area contributed by atoms with Crippen LogP contribution in [-0.4, -0.2) is 22.2 Å². The molecule has 1 heterocycles. The number of carboxylic acids is 1. The number of carbonyl (C=O) groups excluding carboxylic acids is 1. The van der Waals surface area contributed by atoms with Crippen LogP contribution < -0.4 is 5.32 Å². The van der Waals surface area contributed by atoms with Crippen molar-refractivity contribution in [3.05, 3.63) is 59.8 Å². The number of hydrogen-bond donors (Lipinski definition) is 2. The van der Waals surface area contributed by atoms with Gasteiger partial charge in [-0.15, -0.1) is 0 Å². The van der Waals surface area contributed by atoms with Crippen LogP contribution in [0, 0.1) is 0 Å². The summed E-state index contributed by atoms with van der Waals surface area (Å²) in [5.74, 6) is -0.580. The second-order valence-electron chi connectivity index (χ2n) is 4.59. The van der Waals surface area contributed by atoms with Crippen LogP contribution in [0.2, 0.25) is 0 Å². The number of rotatable bonds is 6. The molecule has 0 fully saturated rings. The fourth-order valence-corrected chi connectivity index (χ4v) is 1.85. The van der Waals surface area contributed by atoms with Gasteiger partial charge in [-0.3, -0.25) is 10.1 Å². The lowest BCUT2D eigenvalue weighted by molar-refractivity contribution is -0.136. The third kappa shape index (κ3) is 4.90. The summed E-state index contributed by atoms with van der Waals surface area (Å²) in [6.45, 7) is 0.157. The fourth-order valence-electron chi connectivity index (χ4n) is 1.85. The van der Waals surface area contributed by atoms with Crippen LogP contribution in [0.3, 0.4) is 0 Å². The zero-order valence-corrected chi connectivity index (χ0v) is 11.9. The number of carbonyl (C=O) groups is 2. The summed E-state index contributed by atoms with van der Waals surface area (Å²) in [6, 6.07) is 12.7. The third-order valence-electron chi connectivity index (χ3n) is 2.93. The highest BCUT2D eigenvalue weighted by Gasteiger charge is 2.10. The van der Waals surface area contributed by atoms with E-state index in [1.165, 1.54) is 6.20 Å². The van der Waals surface area contributed by atoms with E-state index >= 15 is 0 Å². The zero-order chi connectivity index (χ0) is 15.8. The molecule has 0 aliphatic carbocycles. The van der Waals surface area contributed by atoms with E-state index in [1.807, 2.05) is 30.3 Å². The molecule has 2 rings (SSSR count). The van der Waals surface area contributed by atoms with Gasteiger partial charge in [-0.2, -0.15) is 0 Å². The molecule has 0 unspecified atom stereocenters. The number of aryl methyl sites for hydroxylation is 1. The van der Waals surface area contributed by atoms with Crippen molar-refractivity contribution in [1.29, 1.82) is 0 Å². The summed E-state index contributed by atoms with van der Waals surface area (Å²) in [4.78, 5) is 26.5. The number of anilines is 1. The van der Waals surface area contributed by atoms with Gasteiger partial charge in [-0.05, 0) is 23.6 Å². The van der Waals surface area contributed by atoms with Crippen molar-refractivity contribution in [2.45, 2.75) is 19.4 Å². The number of nitrogens with zero attached hydrogens (tertiary/aromatic N) is 1. The average Bonchev–Trinajstić information content (AvgIpc) is 2.53. The number of aliphatic carboxylic acids is 1. The van der Waals surface area contributed by atoms with Crippen LogP contribution in [0.1, 0.15) is 17.5 Å². The van der Waals surface area contributed by atoms with Crippen molar-refractivity contribution in [3.8, 4) is 0 Å². The van der Waals surface area contributed by atoms with Gasteiger partial charge in [-0.1, -0.05) is 36.4 Å². The van der Waals surface area contributed by atoms with E-state index in [2.05, 4.69) is 10.3 Å². The van der Waals surface area contributed by atoms with Gasteiger partial charge in [-0.25, -0.2) is 9.78 Å². The van der Waals surface area contributed by atoms with E-state index in [4.69, 9.17) is 9.84 Å². The maximum atomic E-state index is 11.8.